The third-order valence-electron chi connectivity index (χ3n) is 6.72. The highest BCUT2D eigenvalue weighted by Gasteiger charge is 2.61. The summed E-state index contributed by atoms with van der Waals surface area (Å²) in [7, 11) is 1.82. The summed E-state index contributed by atoms with van der Waals surface area (Å²) < 4.78 is 1.69. The van der Waals surface area contributed by atoms with Crippen molar-refractivity contribution in [1.82, 2.24) is 14.7 Å². The van der Waals surface area contributed by atoms with E-state index in [-0.39, 0.29) is 11.8 Å². The number of amides is 2. The fraction of sp³-hybridized carbons (Fsp3) is 0.476. The van der Waals surface area contributed by atoms with E-state index in [1.54, 1.807) is 15.8 Å². The van der Waals surface area contributed by atoms with Crippen LogP contribution in [0.1, 0.15) is 49.3 Å². The molecule has 0 radical (unpaired) electrons. The predicted molar refractivity (Wildman–Crippen MR) is 102 cm³/mol. The lowest BCUT2D eigenvalue weighted by Gasteiger charge is -2.36. The molecule has 2 amide bonds. The number of aliphatic hydroxyl groups is 1. The second-order valence-corrected chi connectivity index (χ2v) is 8.31. The number of carbonyl (C=O) groups is 2. The maximum absolute atomic E-state index is 13.4. The maximum Gasteiger partial charge on any atom is 0.255 e. The second kappa shape index (κ2) is 5.91. The van der Waals surface area contributed by atoms with E-state index >= 15 is 0 Å². The van der Waals surface area contributed by atoms with Gasteiger partial charge in [-0.1, -0.05) is 18.2 Å². The summed E-state index contributed by atoms with van der Waals surface area (Å²) in [5.74, 6) is -0.343. The zero-order chi connectivity index (χ0) is 19.5. The van der Waals surface area contributed by atoms with Crippen LogP contribution in [0.25, 0.3) is 0 Å². The molecule has 2 fully saturated rings. The first-order valence-corrected chi connectivity index (χ1v) is 9.89. The van der Waals surface area contributed by atoms with E-state index in [4.69, 9.17) is 0 Å². The Labute approximate surface area is 163 Å². The first-order chi connectivity index (χ1) is 13.5. The van der Waals surface area contributed by atoms with E-state index in [0.29, 0.717) is 25.8 Å². The summed E-state index contributed by atoms with van der Waals surface area (Å²) in [6, 6.07) is 7.21. The first kappa shape index (κ1) is 17.4. The van der Waals surface area contributed by atoms with Crippen molar-refractivity contribution >= 4 is 17.5 Å². The molecule has 2 N–H and O–H groups in total. The van der Waals surface area contributed by atoms with Crippen LogP contribution in [0.4, 0.5) is 5.69 Å². The van der Waals surface area contributed by atoms with Gasteiger partial charge in [-0.15, -0.1) is 0 Å². The van der Waals surface area contributed by atoms with Gasteiger partial charge in [0.15, 0.2) is 0 Å². The van der Waals surface area contributed by atoms with Crippen LogP contribution < -0.4 is 5.32 Å². The van der Waals surface area contributed by atoms with Crippen molar-refractivity contribution in [3.8, 4) is 0 Å². The Kier molecular flexibility index (Phi) is 3.68. The minimum absolute atomic E-state index is 0.0868. The number of para-hydroxylation sites is 1. The van der Waals surface area contributed by atoms with Crippen molar-refractivity contribution in [1.29, 1.82) is 0 Å². The summed E-state index contributed by atoms with van der Waals surface area (Å²) in [6.45, 7) is 0.433. The van der Waals surface area contributed by atoms with Gasteiger partial charge in [-0.05, 0) is 43.7 Å². The zero-order valence-corrected chi connectivity index (χ0v) is 15.9. The van der Waals surface area contributed by atoms with Crippen LogP contribution in [0, 0.1) is 0 Å². The molecule has 5 rings (SSSR count). The average Bonchev–Trinajstić information content (AvgIpc) is 3.44. The number of aromatic nitrogens is 2. The minimum atomic E-state index is -1.32. The molecule has 2 atom stereocenters. The molecule has 3 aliphatic rings. The molecular formula is C21H24N4O3. The summed E-state index contributed by atoms with van der Waals surface area (Å²) >= 11 is 0. The lowest BCUT2D eigenvalue weighted by atomic mass is 9.73. The number of rotatable bonds is 2. The van der Waals surface area contributed by atoms with Gasteiger partial charge in [-0.25, -0.2) is 0 Å². The van der Waals surface area contributed by atoms with Gasteiger partial charge in [0, 0.05) is 31.0 Å². The maximum atomic E-state index is 13.4. The van der Waals surface area contributed by atoms with Gasteiger partial charge in [0.05, 0.1) is 12.2 Å². The van der Waals surface area contributed by atoms with E-state index in [9.17, 15) is 14.7 Å². The summed E-state index contributed by atoms with van der Waals surface area (Å²) in [6.07, 6.45) is 6.78. The molecule has 1 aromatic heterocycles. The van der Waals surface area contributed by atoms with Crippen molar-refractivity contribution in [2.45, 2.75) is 49.2 Å². The van der Waals surface area contributed by atoms with Gasteiger partial charge in [-0.2, -0.15) is 5.10 Å². The standard InChI is InChI=1S/C21H24N4O3/c1-24-13-14(12-22-24)17-21(15-6-2-3-7-16(15)23-18(21)26)10-11-25(17)19(27)20(28)8-4-5-9-20/h2-3,6-7,12-13,17,28H,4-5,8-11H2,1H3,(H,23,26)/t17-,21+/m0/s1. The van der Waals surface area contributed by atoms with E-state index < -0.39 is 17.1 Å². The molecule has 1 saturated heterocycles. The molecule has 1 aliphatic carbocycles. The largest absolute Gasteiger partial charge is 0.380 e. The third-order valence-corrected chi connectivity index (χ3v) is 6.72. The fourth-order valence-electron chi connectivity index (χ4n) is 5.39. The lowest BCUT2D eigenvalue weighted by Crippen LogP contribution is -2.50. The molecule has 1 aromatic carbocycles. The number of hydrogen-bond donors (Lipinski definition) is 2. The van der Waals surface area contributed by atoms with E-state index in [0.717, 1.165) is 29.7 Å². The first-order valence-electron chi connectivity index (χ1n) is 9.89. The highest BCUT2D eigenvalue weighted by Crippen LogP contribution is 2.55. The van der Waals surface area contributed by atoms with Crippen molar-refractivity contribution in [2.24, 2.45) is 7.05 Å². The molecule has 0 unspecified atom stereocenters. The van der Waals surface area contributed by atoms with Crippen molar-refractivity contribution in [3.63, 3.8) is 0 Å². The van der Waals surface area contributed by atoms with Gasteiger partial charge in [0.1, 0.15) is 11.0 Å². The second-order valence-electron chi connectivity index (χ2n) is 8.31. The van der Waals surface area contributed by atoms with E-state index in [1.807, 2.05) is 37.5 Å². The van der Waals surface area contributed by atoms with E-state index in [1.165, 1.54) is 0 Å². The Morgan fingerprint density at radius 3 is 2.71 bits per heavy atom. The molecule has 7 nitrogen and oxygen atoms in total. The fourth-order valence-corrected chi connectivity index (χ4v) is 5.39. The number of hydrogen-bond acceptors (Lipinski definition) is 4. The number of nitrogens with zero attached hydrogens (tertiary/aromatic N) is 3. The zero-order valence-electron chi connectivity index (χ0n) is 15.9. The normalized spacial score (nSPS) is 28.0. The number of carbonyl (C=O) groups excluding carboxylic acids is 2. The Balaban J connectivity index is 1.65. The number of anilines is 1. The van der Waals surface area contributed by atoms with Crippen LogP contribution in [0.3, 0.4) is 0 Å². The Morgan fingerprint density at radius 1 is 1.25 bits per heavy atom. The molecular weight excluding hydrogens is 356 g/mol. The Hall–Kier alpha value is -2.67. The topological polar surface area (TPSA) is 87.5 Å². The van der Waals surface area contributed by atoms with Gasteiger partial charge < -0.3 is 15.3 Å². The van der Waals surface area contributed by atoms with Gasteiger partial charge in [0.2, 0.25) is 5.91 Å². The van der Waals surface area contributed by atoms with Crippen molar-refractivity contribution in [2.75, 3.05) is 11.9 Å². The monoisotopic (exact) mass is 380 g/mol. The van der Waals surface area contributed by atoms with Crippen molar-refractivity contribution < 1.29 is 14.7 Å². The summed E-state index contributed by atoms with van der Waals surface area (Å²) in [5, 5.41) is 18.3. The van der Waals surface area contributed by atoms with Crippen LogP contribution in [0.15, 0.2) is 36.7 Å². The van der Waals surface area contributed by atoms with Crippen LogP contribution in [-0.4, -0.2) is 43.7 Å². The number of fused-ring (bicyclic) bond motifs is 2. The molecule has 146 valence electrons. The number of aryl methyl sites for hydroxylation is 1. The van der Waals surface area contributed by atoms with Gasteiger partial charge in [0.25, 0.3) is 5.91 Å². The minimum Gasteiger partial charge on any atom is -0.380 e. The number of benzene rings is 1. The van der Waals surface area contributed by atoms with Crippen LogP contribution in [0.5, 0.6) is 0 Å². The van der Waals surface area contributed by atoms with Gasteiger partial charge >= 0.3 is 0 Å². The van der Waals surface area contributed by atoms with Gasteiger partial charge in [-0.3, -0.25) is 14.3 Å². The molecule has 1 saturated carbocycles. The Morgan fingerprint density at radius 2 is 2.00 bits per heavy atom. The average molecular weight is 380 g/mol. The summed E-state index contributed by atoms with van der Waals surface area (Å²) in [5.41, 5.74) is 0.366. The number of nitrogens with one attached hydrogen (secondary N) is 1. The quantitative estimate of drug-likeness (QED) is 0.833. The van der Waals surface area contributed by atoms with Crippen molar-refractivity contribution in [3.05, 3.63) is 47.8 Å². The predicted octanol–water partition coefficient (Wildman–Crippen LogP) is 1.89. The Bertz CT molecular complexity index is 962. The van der Waals surface area contributed by atoms with Crippen LogP contribution >= 0.6 is 0 Å². The summed E-state index contributed by atoms with van der Waals surface area (Å²) in [4.78, 5) is 28.4. The highest BCUT2D eigenvalue weighted by molar-refractivity contribution is 6.08. The SMILES string of the molecule is Cn1cc([C@@H]2N(C(=O)C3(O)CCCC3)CC[C@]23C(=O)Nc2ccccc23)cn1. The molecule has 1 spiro atoms. The highest BCUT2D eigenvalue weighted by atomic mass is 16.3. The molecule has 2 aromatic rings. The third kappa shape index (κ3) is 2.22. The molecule has 3 heterocycles. The smallest absolute Gasteiger partial charge is 0.255 e. The number of likely N-dealkylation sites (tertiary alicyclic amines) is 1. The van der Waals surface area contributed by atoms with E-state index in [2.05, 4.69) is 10.4 Å². The van der Waals surface area contributed by atoms with Crippen LogP contribution in [0.2, 0.25) is 0 Å². The molecule has 2 aliphatic heterocycles. The molecule has 0 bridgehead atoms. The molecule has 28 heavy (non-hydrogen) atoms. The molecule has 7 heteroatoms. The van der Waals surface area contributed by atoms with Crippen LogP contribution in [-0.2, 0) is 22.1 Å². The lowest BCUT2D eigenvalue weighted by molar-refractivity contribution is -0.152.